The Bertz CT molecular complexity index is 1410. The molecule has 8 heteroatoms. The van der Waals surface area contributed by atoms with E-state index in [1.807, 2.05) is 0 Å². The number of aromatic nitrogens is 1. The van der Waals surface area contributed by atoms with Crippen molar-refractivity contribution < 1.29 is 23.8 Å². The number of halogens is 1. The number of hydrogen-bond acceptors (Lipinski definition) is 6. The number of aliphatic hydroxyl groups is 1. The minimum absolute atomic E-state index is 0.0400. The highest BCUT2D eigenvalue weighted by molar-refractivity contribution is 7.22. The van der Waals surface area contributed by atoms with Crippen LogP contribution in [0.1, 0.15) is 17.2 Å². The lowest BCUT2D eigenvalue weighted by Crippen LogP contribution is -2.29. The van der Waals surface area contributed by atoms with Gasteiger partial charge in [0.2, 0.25) is 0 Å². The lowest BCUT2D eigenvalue weighted by Gasteiger charge is -2.23. The van der Waals surface area contributed by atoms with Gasteiger partial charge in [0.15, 0.2) is 5.13 Å². The predicted molar refractivity (Wildman–Crippen MR) is 124 cm³/mol. The zero-order valence-corrected chi connectivity index (χ0v) is 18.2. The van der Waals surface area contributed by atoms with Crippen LogP contribution in [0.25, 0.3) is 16.0 Å². The first-order valence-corrected chi connectivity index (χ1v) is 10.9. The van der Waals surface area contributed by atoms with Crippen LogP contribution in [-0.4, -0.2) is 28.9 Å². The van der Waals surface area contributed by atoms with E-state index in [-0.39, 0.29) is 16.5 Å². The van der Waals surface area contributed by atoms with Crippen LogP contribution in [0.5, 0.6) is 5.75 Å². The van der Waals surface area contributed by atoms with Gasteiger partial charge in [-0.15, -0.1) is 0 Å². The number of nitrogens with zero attached hydrogens (tertiary/aromatic N) is 2. The zero-order valence-electron chi connectivity index (χ0n) is 17.4. The molecule has 1 fully saturated rings. The van der Waals surface area contributed by atoms with Crippen LogP contribution >= 0.6 is 11.3 Å². The molecule has 33 heavy (non-hydrogen) atoms. The van der Waals surface area contributed by atoms with Gasteiger partial charge in [-0.3, -0.25) is 14.5 Å². The molecule has 1 aliphatic heterocycles. The van der Waals surface area contributed by atoms with E-state index >= 15 is 0 Å². The van der Waals surface area contributed by atoms with E-state index in [0.29, 0.717) is 27.1 Å². The summed E-state index contributed by atoms with van der Waals surface area (Å²) >= 11 is 1.10. The molecule has 1 atom stereocenters. The fraction of sp³-hybridized carbons (Fsp3) is 0.0800. The fourth-order valence-corrected chi connectivity index (χ4v) is 4.89. The molecule has 1 aliphatic rings. The van der Waals surface area contributed by atoms with Gasteiger partial charge >= 0.3 is 5.91 Å². The first-order chi connectivity index (χ1) is 16.0. The number of hydrogen-bond donors (Lipinski definition) is 1. The minimum atomic E-state index is -0.915. The Labute approximate surface area is 192 Å². The van der Waals surface area contributed by atoms with Crippen molar-refractivity contribution in [2.75, 3.05) is 12.0 Å². The van der Waals surface area contributed by atoms with Crippen molar-refractivity contribution in [3.8, 4) is 5.75 Å². The summed E-state index contributed by atoms with van der Waals surface area (Å²) in [6.45, 7) is 0. The van der Waals surface area contributed by atoms with Crippen molar-refractivity contribution in [1.29, 1.82) is 0 Å². The number of anilines is 1. The first kappa shape index (κ1) is 20.8. The molecule has 5 rings (SSSR count). The van der Waals surface area contributed by atoms with E-state index in [9.17, 15) is 19.1 Å². The number of amides is 1. The number of rotatable bonds is 4. The Balaban J connectivity index is 1.72. The molecule has 0 radical (unpaired) electrons. The third-order valence-electron chi connectivity index (χ3n) is 5.47. The Morgan fingerprint density at radius 3 is 2.48 bits per heavy atom. The van der Waals surface area contributed by atoms with E-state index < -0.39 is 23.5 Å². The SMILES string of the molecule is COc1ccc(C2C(=C(O)c3ccccc3)C(=O)C(=O)N2c2nc3ccc(F)cc3s2)cc1. The van der Waals surface area contributed by atoms with Crippen LogP contribution < -0.4 is 9.64 Å². The van der Waals surface area contributed by atoms with Gasteiger partial charge in [0.1, 0.15) is 17.3 Å². The van der Waals surface area contributed by atoms with Crippen molar-refractivity contribution in [3.05, 3.63) is 95.3 Å². The maximum absolute atomic E-state index is 13.7. The monoisotopic (exact) mass is 460 g/mol. The topological polar surface area (TPSA) is 79.7 Å². The zero-order chi connectivity index (χ0) is 23.1. The third-order valence-corrected chi connectivity index (χ3v) is 6.49. The molecule has 1 unspecified atom stereocenters. The molecule has 164 valence electrons. The van der Waals surface area contributed by atoms with Crippen LogP contribution in [0.2, 0.25) is 0 Å². The lowest BCUT2D eigenvalue weighted by molar-refractivity contribution is -0.132. The van der Waals surface area contributed by atoms with Gasteiger partial charge in [0, 0.05) is 5.56 Å². The van der Waals surface area contributed by atoms with E-state index in [2.05, 4.69) is 4.98 Å². The van der Waals surface area contributed by atoms with E-state index in [4.69, 9.17) is 4.74 Å². The quantitative estimate of drug-likeness (QED) is 0.261. The van der Waals surface area contributed by atoms with Gasteiger partial charge in [0.25, 0.3) is 5.78 Å². The molecule has 3 aromatic carbocycles. The number of carbonyl (C=O) groups is 2. The molecule has 0 aliphatic carbocycles. The number of methoxy groups -OCH3 is 1. The maximum atomic E-state index is 13.7. The molecule has 4 aromatic rings. The molecule has 0 spiro atoms. The molecule has 0 bridgehead atoms. The van der Waals surface area contributed by atoms with Crippen LogP contribution in [0.4, 0.5) is 9.52 Å². The second-order valence-electron chi connectivity index (χ2n) is 7.42. The summed E-state index contributed by atoms with van der Waals surface area (Å²) in [7, 11) is 1.54. The van der Waals surface area contributed by atoms with Crippen molar-refractivity contribution in [2.24, 2.45) is 0 Å². The second-order valence-corrected chi connectivity index (χ2v) is 8.43. The standard InChI is InChI=1S/C25H17FN2O4S/c1-32-17-10-7-14(8-11-17)21-20(22(29)15-5-3-2-4-6-15)23(30)24(31)28(21)25-27-18-12-9-16(26)13-19(18)33-25/h2-13,21,29H,1H3. The summed E-state index contributed by atoms with van der Waals surface area (Å²) in [6, 6.07) is 18.7. The Morgan fingerprint density at radius 2 is 1.79 bits per heavy atom. The average molecular weight is 460 g/mol. The largest absolute Gasteiger partial charge is 0.507 e. The van der Waals surface area contributed by atoms with Crippen molar-refractivity contribution in [3.63, 3.8) is 0 Å². The highest BCUT2D eigenvalue weighted by Gasteiger charge is 2.48. The van der Waals surface area contributed by atoms with Gasteiger partial charge in [-0.2, -0.15) is 0 Å². The van der Waals surface area contributed by atoms with Gasteiger partial charge in [-0.05, 0) is 35.9 Å². The number of Topliss-reactive ketones (excluding diaryl/α,β-unsaturated/α-hetero) is 1. The molecule has 1 N–H and O–H groups in total. The van der Waals surface area contributed by atoms with Crippen LogP contribution in [0.3, 0.4) is 0 Å². The van der Waals surface area contributed by atoms with Crippen LogP contribution in [-0.2, 0) is 9.59 Å². The third kappa shape index (κ3) is 3.54. The first-order valence-electron chi connectivity index (χ1n) is 10.0. The van der Waals surface area contributed by atoms with Crippen molar-refractivity contribution >= 4 is 44.1 Å². The molecular formula is C25H17FN2O4S. The Morgan fingerprint density at radius 1 is 1.06 bits per heavy atom. The Hall–Kier alpha value is -4.04. The molecule has 1 amide bonds. The fourth-order valence-electron chi connectivity index (χ4n) is 3.87. The number of benzene rings is 3. The molecule has 6 nitrogen and oxygen atoms in total. The number of carbonyl (C=O) groups excluding carboxylic acids is 2. The minimum Gasteiger partial charge on any atom is -0.507 e. The maximum Gasteiger partial charge on any atom is 0.301 e. The summed E-state index contributed by atoms with van der Waals surface area (Å²) in [4.78, 5) is 32.1. The summed E-state index contributed by atoms with van der Waals surface area (Å²) in [5, 5.41) is 11.3. The summed E-state index contributed by atoms with van der Waals surface area (Å²) < 4.78 is 19.5. The van der Waals surface area contributed by atoms with E-state index in [1.54, 1.807) is 54.6 Å². The Kier molecular flexibility index (Phi) is 5.14. The molecule has 1 saturated heterocycles. The molecular weight excluding hydrogens is 443 g/mol. The predicted octanol–water partition coefficient (Wildman–Crippen LogP) is 5.07. The van der Waals surface area contributed by atoms with Gasteiger partial charge < -0.3 is 9.84 Å². The highest BCUT2D eigenvalue weighted by atomic mass is 32.1. The number of thiazole rings is 1. The van der Waals surface area contributed by atoms with Crippen molar-refractivity contribution in [2.45, 2.75) is 6.04 Å². The normalized spacial score (nSPS) is 17.6. The van der Waals surface area contributed by atoms with Crippen LogP contribution in [0.15, 0.2) is 78.4 Å². The number of aliphatic hydroxyl groups excluding tert-OH is 1. The van der Waals surface area contributed by atoms with Gasteiger partial charge in [0.05, 0.1) is 28.9 Å². The van der Waals surface area contributed by atoms with Gasteiger partial charge in [-0.1, -0.05) is 53.8 Å². The summed E-state index contributed by atoms with van der Waals surface area (Å²) in [5.41, 5.74) is 1.48. The van der Waals surface area contributed by atoms with Gasteiger partial charge in [-0.25, -0.2) is 9.37 Å². The van der Waals surface area contributed by atoms with E-state index in [0.717, 1.165) is 11.3 Å². The molecule has 1 aromatic heterocycles. The summed E-state index contributed by atoms with van der Waals surface area (Å²) in [6.07, 6.45) is 0. The number of ether oxygens (including phenoxy) is 1. The van der Waals surface area contributed by atoms with Crippen LogP contribution in [0, 0.1) is 5.82 Å². The van der Waals surface area contributed by atoms with Crippen molar-refractivity contribution in [1.82, 2.24) is 4.98 Å². The van der Waals surface area contributed by atoms with E-state index in [1.165, 1.54) is 30.2 Å². The second kappa shape index (κ2) is 8.14. The number of fused-ring (bicyclic) bond motifs is 1. The summed E-state index contributed by atoms with van der Waals surface area (Å²) in [5.74, 6) is -1.72. The highest BCUT2D eigenvalue weighted by Crippen LogP contribution is 2.44. The number of ketones is 1. The lowest BCUT2D eigenvalue weighted by atomic mass is 9.95. The average Bonchev–Trinajstić information content (AvgIpc) is 3.37. The molecule has 2 heterocycles. The smallest absolute Gasteiger partial charge is 0.301 e. The molecule has 0 saturated carbocycles.